The van der Waals surface area contributed by atoms with Crippen LogP contribution in [-0.2, 0) is 0 Å². The van der Waals surface area contributed by atoms with Crippen molar-refractivity contribution in [1.82, 2.24) is 29.4 Å². The molecule has 0 aliphatic carbocycles. The van der Waals surface area contributed by atoms with Gasteiger partial charge >= 0.3 is 6.03 Å². The van der Waals surface area contributed by atoms with Crippen LogP contribution in [0.4, 0.5) is 9.93 Å². The van der Waals surface area contributed by atoms with Crippen LogP contribution < -0.4 is 5.32 Å². The van der Waals surface area contributed by atoms with Gasteiger partial charge in [0, 0.05) is 18.1 Å². The van der Waals surface area contributed by atoms with Gasteiger partial charge in [0.05, 0.1) is 6.04 Å². The molecular weight excluding hydrogens is 322 g/mol. The first-order valence-corrected chi connectivity index (χ1v) is 9.01. The molecule has 1 aliphatic heterocycles. The predicted molar refractivity (Wildman–Crippen MR) is 85.1 cm³/mol. The van der Waals surface area contributed by atoms with E-state index in [0.29, 0.717) is 22.7 Å². The zero-order valence-corrected chi connectivity index (χ0v) is 14.0. The van der Waals surface area contributed by atoms with Crippen molar-refractivity contribution >= 4 is 34.5 Å². The average molecular weight is 339 g/mol. The van der Waals surface area contributed by atoms with E-state index in [9.17, 15) is 4.79 Å². The number of hydrogen-bond donors (Lipinski definition) is 2. The molecule has 22 heavy (non-hydrogen) atoms. The Hall–Kier alpha value is -1.68. The van der Waals surface area contributed by atoms with E-state index in [0.717, 1.165) is 25.1 Å². The zero-order valence-electron chi connectivity index (χ0n) is 12.4. The quantitative estimate of drug-likeness (QED) is 0.833. The van der Waals surface area contributed by atoms with Gasteiger partial charge in [-0.1, -0.05) is 11.8 Å². The molecular formula is C12H17N7OS2. The largest absolute Gasteiger partial charge is 0.324 e. The first-order chi connectivity index (χ1) is 10.7. The molecule has 2 aromatic heterocycles. The van der Waals surface area contributed by atoms with E-state index < -0.39 is 0 Å². The summed E-state index contributed by atoms with van der Waals surface area (Å²) in [6.45, 7) is 2.55. The van der Waals surface area contributed by atoms with Crippen LogP contribution in [-0.4, -0.2) is 48.3 Å². The van der Waals surface area contributed by atoms with E-state index in [1.807, 2.05) is 13.2 Å². The number of piperidine rings is 1. The number of hydrogen-bond acceptors (Lipinski definition) is 7. The van der Waals surface area contributed by atoms with Crippen molar-refractivity contribution in [3.05, 3.63) is 11.6 Å². The van der Waals surface area contributed by atoms with E-state index in [-0.39, 0.29) is 12.1 Å². The number of thioether (sulfide) groups is 1. The van der Waals surface area contributed by atoms with E-state index >= 15 is 0 Å². The lowest BCUT2D eigenvalue weighted by Crippen LogP contribution is -2.41. The van der Waals surface area contributed by atoms with Gasteiger partial charge in [0.15, 0.2) is 5.82 Å². The minimum absolute atomic E-state index is 0.0911. The maximum absolute atomic E-state index is 12.5. The van der Waals surface area contributed by atoms with Gasteiger partial charge in [-0.05, 0) is 32.4 Å². The zero-order chi connectivity index (χ0) is 15.5. The molecule has 118 valence electrons. The maximum atomic E-state index is 12.5. The van der Waals surface area contributed by atoms with Crippen molar-refractivity contribution < 1.29 is 4.79 Å². The Labute approximate surface area is 136 Å². The Morgan fingerprint density at radius 3 is 3.00 bits per heavy atom. The molecule has 0 saturated carbocycles. The average Bonchev–Trinajstić information content (AvgIpc) is 3.16. The number of H-pyrrole nitrogens is 1. The summed E-state index contributed by atoms with van der Waals surface area (Å²) in [7, 11) is 0. The van der Waals surface area contributed by atoms with Crippen LogP contribution in [0.1, 0.15) is 37.0 Å². The van der Waals surface area contributed by atoms with Crippen molar-refractivity contribution in [3.63, 3.8) is 0 Å². The van der Waals surface area contributed by atoms with Crippen LogP contribution >= 0.6 is 23.3 Å². The van der Waals surface area contributed by atoms with Gasteiger partial charge in [0.25, 0.3) is 0 Å². The summed E-state index contributed by atoms with van der Waals surface area (Å²) in [4.78, 5) is 22.9. The lowest BCUT2D eigenvalue weighted by Gasteiger charge is -2.33. The molecule has 0 aromatic carbocycles. The van der Waals surface area contributed by atoms with Gasteiger partial charge in [-0.15, -0.1) is 0 Å². The highest BCUT2D eigenvalue weighted by Crippen LogP contribution is 2.29. The second kappa shape index (κ2) is 6.61. The van der Waals surface area contributed by atoms with Crippen LogP contribution in [0.25, 0.3) is 0 Å². The molecule has 0 bridgehead atoms. The minimum Gasteiger partial charge on any atom is -0.314 e. The van der Waals surface area contributed by atoms with Crippen molar-refractivity contribution in [2.24, 2.45) is 0 Å². The second-order valence-electron chi connectivity index (χ2n) is 5.00. The molecule has 1 saturated heterocycles. The molecule has 1 fully saturated rings. The smallest absolute Gasteiger partial charge is 0.314 e. The Morgan fingerprint density at radius 1 is 1.45 bits per heavy atom. The molecule has 1 atom stereocenters. The summed E-state index contributed by atoms with van der Waals surface area (Å²) < 4.78 is 4.14. The standard InChI is InChI=1S/C12H17N7OS2/c1-7-13-9(17-16-7)8-5-3-4-6-19(8)12(20)15-10-14-11(21-2)18-22-10/h8H,3-6H2,1-2H3,(H,13,16,17)(H,14,15,18,20). The van der Waals surface area contributed by atoms with Gasteiger partial charge in [-0.2, -0.15) is 14.5 Å². The number of urea groups is 1. The number of aromatic amines is 1. The van der Waals surface area contributed by atoms with Crippen molar-refractivity contribution in [3.8, 4) is 0 Å². The van der Waals surface area contributed by atoms with E-state index in [4.69, 9.17) is 0 Å². The summed E-state index contributed by atoms with van der Waals surface area (Å²) >= 11 is 2.64. The van der Waals surface area contributed by atoms with Crippen LogP contribution in [0.3, 0.4) is 0 Å². The number of carbonyl (C=O) groups excluding carboxylic acids is 1. The Bertz CT molecular complexity index is 655. The van der Waals surface area contributed by atoms with E-state index in [1.165, 1.54) is 23.3 Å². The SMILES string of the molecule is CSc1nsc(NC(=O)N2CCCCC2c2n[nH]c(C)n2)n1. The van der Waals surface area contributed by atoms with E-state index in [2.05, 4.69) is 29.9 Å². The highest BCUT2D eigenvalue weighted by atomic mass is 32.2. The fourth-order valence-corrected chi connectivity index (χ4v) is 3.57. The normalized spacial score (nSPS) is 18.5. The summed E-state index contributed by atoms with van der Waals surface area (Å²) in [6.07, 6.45) is 4.83. The number of nitrogens with zero attached hydrogens (tertiary/aromatic N) is 5. The van der Waals surface area contributed by atoms with Crippen LogP contribution in [0.5, 0.6) is 0 Å². The van der Waals surface area contributed by atoms with Gasteiger partial charge in [0.1, 0.15) is 5.82 Å². The van der Waals surface area contributed by atoms with Gasteiger partial charge in [0.2, 0.25) is 10.3 Å². The van der Waals surface area contributed by atoms with Crippen molar-refractivity contribution in [2.75, 3.05) is 18.1 Å². The molecule has 1 unspecified atom stereocenters. The molecule has 2 N–H and O–H groups in total. The maximum Gasteiger partial charge on any atom is 0.324 e. The monoisotopic (exact) mass is 339 g/mol. The molecule has 0 radical (unpaired) electrons. The lowest BCUT2D eigenvalue weighted by molar-refractivity contribution is 0.159. The summed E-state index contributed by atoms with van der Waals surface area (Å²) in [5.74, 6) is 1.43. The molecule has 8 nitrogen and oxygen atoms in total. The van der Waals surface area contributed by atoms with Gasteiger partial charge in [-0.25, -0.2) is 9.78 Å². The number of aryl methyl sites for hydroxylation is 1. The first-order valence-electron chi connectivity index (χ1n) is 7.01. The first kappa shape index (κ1) is 15.2. The second-order valence-corrected chi connectivity index (χ2v) is 6.53. The number of amides is 2. The number of nitrogens with one attached hydrogen (secondary N) is 2. The molecule has 2 aromatic rings. The minimum atomic E-state index is -0.170. The number of anilines is 1. The third kappa shape index (κ3) is 3.22. The summed E-state index contributed by atoms with van der Waals surface area (Å²) in [5.41, 5.74) is 0. The van der Waals surface area contributed by atoms with Gasteiger partial charge in [-0.3, -0.25) is 10.4 Å². The number of likely N-dealkylation sites (tertiary alicyclic amines) is 1. The number of carbonyl (C=O) groups is 1. The fourth-order valence-electron chi connectivity index (χ4n) is 2.46. The molecule has 0 spiro atoms. The molecule has 3 rings (SSSR count). The molecule has 10 heteroatoms. The highest BCUT2D eigenvalue weighted by Gasteiger charge is 2.31. The molecule has 2 amide bonds. The predicted octanol–water partition coefficient (Wildman–Crippen LogP) is 2.45. The van der Waals surface area contributed by atoms with Crippen LogP contribution in [0, 0.1) is 6.92 Å². The van der Waals surface area contributed by atoms with Crippen LogP contribution in [0.2, 0.25) is 0 Å². The van der Waals surface area contributed by atoms with Gasteiger partial charge < -0.3 is 4.90 Å². The Morgan fingerprint density at radius 2 is 2.32 bits per heavy atom. The third-order valence-electron chi connectivity index (χ3n) is 3.48. The highest BCUT2D eigenvalue weighted by molar-refractivity contribution is 7.98. The lowest BCUT2D eigenvalue weighted by atomic mass is 10.0. The van der Waals surface area contributed by atoms with E-state index in [1.54, 1.807) is 4.90 Å². The topological polar surface area (TPSA) is 99.7 Å². The summed E-state index contributed by atoms with van der Waals surface area (Å²) in [5, 5.41) is 11.1. The summed E-state index contributed by atoms with van der Waals surface area (Å²) in [6, 6.07) is -0.261. The van der Waals surface area contributed by atoms with Crippen LogP contribution in [0.15, 0.2) is 5.16 Å². The Balaban J connectivity index is 1.73. The number of aromatic nitrogens is 5. The Kier molecular flexibility index (Phi) is 4.57. The molecule has 3 heterocycles. The third-order valence-corrected chi connectivity index (χ3v) is 4.77. The van der Waals surface area contributed by atoms with Crippen molar-refractivity contribution in [2.45, 2.75) is 37.4 Å². The fraction of sp³-hybridized carbons (Fsp3) is 0.583. The number of rotatable bonds is 3. The van der Waals surface area contributed by atoms with Crippen molar-refractivity contribution in [1.29, 1.82) is 0 Å². The molecule has 1 aliphatic rings.